The van der Waals surface area contributed by atoms with Crippen LogP contribution in [0.3, 0.4) is 0 Å². The molecule has 0 bridgehead atoms. The zero-order chi connectivity index (χ0) is 0. The Morgan fingerprint density at radius 3 is 0.105 bits per heavy atom. The summed E-state index contributed by atoms with van der Waals surface area (Å²) in [6, 6.07) is 0. The molecule has 0 aliphatic rings. The van der Waals surface area contributed by atoms with Crippen molar-refractivity contribution in [1.29, 1.82) is 0 Å². The molecule has 0 spiro atoms. The predicted octanol–water partition coefficient (Wildman–Crippen LogP) is 1.11. The molecule has 0 saturated heterocycles. The van der Waals surface area contributed by atoms with Crippen molar-refractivity contribution in [2.24, 2.45) is 0 Å². The van der Waals surface area contributed by atoms with Gasteiger partial charge in [-0.2, -0.15) is 135 Å². The summed E-state index contributed by atoms with van der Waals surface area (Å²) in [4.78, 5) is 0. The summed E-state index contributed by atoms with van der Waals surface area (Å²) >= 11 is 0. The average Bonchev–Trinajstić information content (AvgIpc) is 0. The maximum atomic E-state index is 0. The summed E-state index contributed by atoms with van der Waals surface area (Å²) in [6.45, 7) is 0. The monoisotopic (exact) mass is 843 g/mol. The molecule has 0 radical (unpaired) electrons. The van der Waals surface area contributed by atoms with Gasteiger partial charge in [0.1, 0.15) is 0 Å². The maximum Gasteiger partial charge on any atom is 0 e. The summed E-state index contributed by atoms with van der Waals surface area (Å²) in [5, 5.41) is 0. The van der Waals surface area contributed by atoms with Crippen LogP contribution in [0.15, 0.2) is 0 Å². The average molecular weight is 843 g/mol. The van der Waals surface area contributed by atoms with E-state index < -0.39 is 0 Å². The molecule has 0 heterocycles. The van der Waals surface area contributed by atoms with Gasteiger partial charge < -0.3 is 0 Å². The molecule has 152 valence electrons. The van der Waals surface area contributed by atoms with Crippen LogP contribution < -0.4 is 0 Å². The van der Waals surface area contributed by atoms with Crippen LogP contribution in [0.4, 0.5) is 0 Å². The molecule has 0 rings (SSSR count). The minimum absolute atomic E-state index is 0. The Morgan fingerprint density at radius 1 is 0.105 bits per heavy atom. The van der Waals surface area contributed by atoms with E-state index in [1.54, 1.807) is 0 Å². The Labute approximate surface area is 283 Å². The van der Waals surface area contributed by atoms with E-state index in [4.69, 9.17) is 0 Å². The Bertz CT molecular complexity index is 19.0. The Hall–Kier alpha value is 8.18. The summed E-state index contributed by atoms with van der Waals surface area (Å²) in [5.41, 5.74) is 0. The van der Waals surface area contributed by atoms with Crippen LogP contribution in [0.5, 0.6) is 0 Å². The minimum Gasteiger partial charge on any atom is -0.197 e. The van der Waals surface area contributed by atoms with E-state index in [9.17, 15) is 0 Å². The minimum atomic E-state index is 0. The molecule has 0 aromatic rings. The van der Waals surface area contributed by atoms with E-state index in [0.29, 0.717) is 0 Å². The standard InChI is InChI=1S/9Fe.10H2S/h;;;;;;;;;10*1H2. The molecule has 0 amide bonds. The molecule has 0 unspecified atom stereocenters. The van der Waals surface area contributed by atoms with Crippen molar-refractivity contribution in [2.45, 2.75) is 0 Å². The number of hydrogen-bond acceptors (Lipinski definition) is 0. The fourth-order valence-corrected chi connectivity index (χ4v) is 0. The van der Waals surface area contributed by atoms with Crippen LogP contribution in [-0.2, 0) is 154 Å². The third kappa shape index (κ3) is 229. The Morgan fingerprint density at radius 2 is 0.105 bits per heavy atom. The van der Waals surface area contributed by atoms with E-state index in [2.05, 4.69) is 0 Å². The fraction of sp³-hybridized carbons (Fsp3) is 0. The summed E-state index contributed by atoms with van der Waals surface area (Å²) < 4.78 is 0. The molecule has 0 fully saturated rings. The van der Waals surface area contributed by atoms with E-state index in [1.807, 2.05) is 0 Å². The van der Waals surface area contributed by atoms with Crippen molar-refractivity contribution >= 4 is 135 Å². The second-order valence-electron chi connectivity index (χ2n) is 0. The number of rotatable bonds is 0. The van der Waals surface area contributed by atoms with Crippen molar-refractivity contribution in [3.05, 3.63) is 0 Å². The smallest absolute Gasteiger partial charge is 0 e. The van der Waals surface area contributed by atoms with Crippen LogP contribution in [0.25, 0.3) is 0 Å². The van der Waals surface area contributed by atoms with E-state index in [0.717, 1.165) is 0 Å². The van der Waals surface area contributed by atoms with Crippen molar-refractivity contribution in [3.8, 4) is 0 Å². The van der Waals surface area contributed by atoms with Gasteiger partial charge in [0.15, 0.2) is 0 Å². The molecule has 0 saturated carbocycles. The van der Waals surface area contributed by atoms with Gasteiger partial charge in [0.05, 0.1) is 0 Å². The van der Waals surface area contributed by atoms with Crippen molar-refractivity contribution in [2.75, 3.05) is 0 Å². The molecule has 0 aromatic heterocycles. The van der Waals surface area contributed by atoms with Gasteiger partial charge >= 0.3 is 0 Å². The van der Waals surface area contributed by atoms with Crippen LogP contribution in [0.2, 0.25) is 0 Å². The summed E-state index contributed by atoms with van der Waals surface area (Å²) in [6.07, 6.45) is 0. The first-order valence-electron chi connectivity index (χ1n) is 0. The largest absolute Gasteiger partial charge is 0.197 e. The fourth-order valence-electron chi connectivity index (χ4n) is 0. The van der Waals surface area contributed by atoms with Gasteiger partial charge in [0.25, 0.3) is 0 Å². The van der Waals surface area contributed by atoms with Gasteiger partial charge in [-0.05, 0) is 0 Å². The third-order valence-corrected chi connectivity index (χ3v) is 0. The van der Waals surface area contributed by atoms with Gasteiger partial charge in [-0.25, -0.2) is 0 Å². The first-order chi connectivity index (χ1) is 0. The van der Waals surface area contributed by atoms with Crippen LogP contribution in [-0.4, -0.2) is 0 Å². The Balaban J connectivity index is 0. The van der Waals surface area contributed by atoms with Gasteiger partial charge in [-0.3, -0.25) is 0 Å². The first-order valence-corrected chi connectivity index (χ1v) is 0. The van der Waals surface area contributed by atoms with Crippen LogP contribution in [0.1, 0.15) is 0 Å². The molecule has 0 aromatic carbocycles. The molecule has 0 aliphatic heterocycles. The third-order valence-electron chi connectivity index (χ3n) is 0. The maximum absolute atomic E-state index is 0. The normalized spacial score (nSPS) is 0. The van der Waals surface area contributed by atoms with Gasteiger partial charge in [-0.15, -0.1) is 0 Å². The molecule has 0 atom stereocenters. The molecular formula is H20Fe9S10. The SMILES string of the molecule is S.S.S.S.S.S.S.S.S.S.[Fe].[Fe].[Fe].[Fe].[Fe].[Fe].[Fe].[Fe].[Fe]. The molecule has 0 nitrogen and oxygen atoms in total. The summed E-state index contributed by atoms with van der Waals surface area (Å²) in [7, 11) is 0. The van der Waals surface area contributed by atoms with Gasteiger partial charge in [0, 0.05) is 154 Å². The first kappa shape index (κ1) is 279. The van der Waals surface area contributed by atoms with Gasteiger partial charge in [0.2, 0.25) is 0 Å². The molecule has 19 heteroatoms. The van der Waals surface area contributed by atoms with E-state index in [-0.39, 0.29) is 289 Å². The summed E-state index contributed by atoms with van der Waals surface area (Å²) in [5.74, 6) is 0. The van der Waals surface area contributed by atoms with Crippen molar-refractivity contribution < 1.29 is 154 Å². The predicted molar refractivity (Wildman–Crippen MR) is 104 cm³/mol. The van der Waals surface area contributed by atoms with E-state index in [1.165, 1.54) is 0 Å². The second kappa shape index (κ2) is 248. The van der Waals surface area contributed by atoms with Gasteiger partial charge in [-0.1, -0.05) is 0 Å². The Kier molecular flexibility index (Phi) is 3640. The molecule has 19 heavy (non-hydrogen) atoms. The van der Waals surface area contributed by atoms with Crippen molar-refractivity contribution in [3.63, 3.8) is 0 Å². The topological polar surface area (TPSA) is 0 Å². The molecule has 0 aliphatic carbocycles. The van der Waals surface area contributed by atoms with Crippen LogP contribution >= 0.6 is 135 Å². The zero-order valence-corrected chi connectivity index (χ0v) is 28.1. The van der Waals surface area contributed by atoms with Crippen LogP contribution in [0, 0.1) is 0 Å². The molecular weight excluding hydrogens is 823 g/mol. The zero-order valence-electron chi connectivity index (χ0n) is 8.18. The number of hydrogen-bond donors (Lipinski definition) is 0. The van der Waals surface area contributed by atoms with E-state index >= 15 is 0 Å². The quantitative estimate of drug-likeness (QED) is 0.321. The second-order valence-corrected chi connectivity index (χ2v) is 0. The molecule has 0 N–H and O–H groups in total. The van der Waals surface area contributed by atoms with Crippen molar-refractivity contribution in [1.82, 2.24) is 0 Å².